The van der Waals surface area contributed by atoms with Gasteiger partial charge in [0.15, 0.2) is 0 Å². The molecule has 0 aliphatic carbocycles. The van der Waals surface area contributed by atoms with Gasteiger partial charge in [0.1, 0.15) is 0 Å². The minimum absolute atomic E-state index is 0.950. The van der Waals surface area contributed by atoms with Gasteiger partial charge in [-0.05, 0) is 35.9 Å². The van der Waals surface area contributed by atoms with Gasteiger partial charge in [-0.15, -0.1) is 0 Å². The first-order valence-corrected chi connectivity index (χ1v) is 8.33. The predicted octanol–water partition coefficient (Wildman–Crippen LogP) is 5.90. The third kappa shape index (κ3) is 3.43. The Bertz CT molecular complexity index is 1030. The van der Waals surface area contributed by atoms with Crippen LogP contribution in [0.1, 0.15) is 22.5 Å². The van der Waals surface area contributed by atoms with E-state index in [-0.39, 0.29) is 0 Å². The molecule has 0 aliphatic rings. The lowest BCUT2D eigenvalue weighted by Gasteiger charge is -1.96. The van der Waals surface area contributed by atoms with E-state index in [0.717, 1.165) is 16.9 Å². The summed E-state index contributed by atoms with van der Waals surface area (Å²) in [5.74, 6) is 0. The summed E-state index contributed by atoms with van der Waals surface area (Å²) in [6.07, 6.45) is 10.3. The number of fused-ring (bicyclic) bond motifs is 1. The highest BCUT2D eigenvalue weighted by Crippen LogP contribution is 2.26. The molecule has 1 N–H and O–H groups in total. The number of hydrogen-bond acceptors (Lipinski definition) is 1. The van der Waals surface area contributed by atoms with E-state index in [1.54, 1.807) is 0 Å². The average Bonchev–Trinajstić information content (AvgIpc) is 3.04. The van der Waals surface area contributed by atoms with Crippen molar-refractivity contribution in [3.8, 4) is 0 Å². The maximum absolute atomic E-state index is 4.37. The quantitative estimate of drug-likeness (QED) is 0.497. The molecular weight excluding hydrogens is 304 g/mol. The van der Waals surface area contributed by atoms with Gasteiger partial charge in [0.2, 0.25) is 0 Å². The molecule has 2 nitrogen and oxygen atoms in total. The van der Waals surface area contributed by atoms with Crippen LogP contribution < -0.4 is 0 Å². The topological polar surface area (TPSA) is 28.7 Å². The number of para-hydroxylation sites is 1. The third-order valence-electron chi connectivity index (χ3n) is 4.13. The molecule has 0 aliphatic heterocycles. The Morgan fingerprint density at radius 2 is 1.48 bits per heavy atom. The zero-order chi connectivity index (χ0) is 16.9. The Morgan fingerprint density at radius 1 is 0.680 bits per heavy atom. The van der Waals surface area contributed by atoms with Crippen LogP contribution in [-0.4, -0.2) is 9.97 Å². The molecule has 2 aromatic heterocycles. The molecule has 0 saturated heterocycles. The van der Waals surface area contributed by atoms with E-state index >= 15 is 0 Å². The molecule has 0 spiro atoms. The van der Waals surface area contributed by atoms with Gasteiger partial charge in [-0.25, -0.2) is 0 Å². The number of pyridine rings is 1. The van der Waals surface area contributed by atoms with Crippen LogP contribution in [0.25, 0.3) is 35.2 Å². The van der Waals surface area contributed by atoms with Gasteiger partial charge in [-0.1, -0.05) is 66.7 Å². The molecular formula is C23H18N2. The fourth-order valence-electron chi connectivity index (χ4n) is 2.88. The first-order valence-electron chi connectivity index (χ1n) is 8.33. The molecule has 0 saturated carbocycles. The van der Waals surface area contributed by atoms with E-state index in [4.69, 9.17) is 0 Å². The van der Waals surface area contributed by atoms with Gasteiger partial charge < -0.3 is 4.98 Å². The number of rotatable bonds is 4. The van der Waals surface area contributed by atoms with Crippen molar-refractivity contribution < 1.29 is 0 Å². The van der Waals surface area contributed by atoms with Crippen LogP contribution >= 0.6 is 0 Å². The molecule has 25 heavy (non-hydrogen) atoms. The second kappa shape index (κ2) is 7.02. The Balaban J connectivity index is 1.76. The van der Waals surface area contributed by atoms with E-state index in [1.807, 2.05) is 42.6 Å². The lowest BCUT2D eigenvalue weighted by molar-refractivity contribution is 1.30. The fourth-order valence-corrected chi connectivity index (χ4v) is 2.88. The van der Waals surface area contributed by atoms with Crippen LogP contribution in [0.2, 0.25) is 0 Å². The van der Waals surface area contributed by atoms with Crippen LogP contribution in [0.3, 0.4) is 0 Å². The van der Waals surface area contributed by atoms with Gasteiger partial charge in [0.05, 0.1) is 5.69 Å². The predicted molar refractivity (Wildman–Crippen MR) is 107 cm³/mol. The van der Waals surface area contributed by atoms with Crippen molar-refractivity contribution in [2.24, 2.45) is 0 Å². The molecule has 0 amide bonds. The molecule has 0 bridgehead atoms. The summed E-state index contributed by atoms with van der Waals surface area (Å²) in [5.41, 5.74) is 5.54. The SMILES string of the molecule is C(=C\c1[nH]c2ccccc2c1/C=C/c1ccccn1)/c1ccccc1. The van der Waals surface area contributed by atoms with Crippen molar-refractivity contribution in [1.82, 2.24) is 9.97 Å². The number of H-pyrrole nitrogens is 1. The largest absolute Gasteiger partial charge is 0.355 e. The molecule has 2 heteroatoms. The fraction of sp³-hybridized carbons (Fsp3) is 0. The molecule has 0 unspecified atom stereocenters. The zero-order valence-electron chi connectivity index (χ0n) is 13.8. The van der Waals surface area contributed by atoms with E-state index in [1.165, 1.54) is 16.5 Å². The van der Waals surface area contributed by atoms with Crippen molar-refractivity contribution in [2.75, 3.05) is 0 Å². The van der Waals surface area contributed by atoms with E-state index in [0.29, 0.717) is 0 Å². The normalized spacial score (nSPS) is 11.7. The summed E-state index contributed by atoms with van der Waals surface area (Å²) in [7, 11) is 0. The number of benzene rings is 2. The van der Waals surface area contributed by atoms with Crippen LogP contribution in [0.5, 0.6) is 0 Å². The maximum atomic E-state index is 4.37. The lowest BCUT2D eigenvalue weighted by Crippen LogP contribution is -1.79. The first-order chi connectivity index (χ1) is 12.4. The summed E-state index contributed by atoms with van der Waals surface area (Å²) in [6.45, 7) is 0. The van der Waals surface area contributed by atoms with E-state index in [2.05, 4.69) is 70.7 Å². The van der Waals surface area contributed by atoms with Crippen LogP contribution in [0.4, 0.5) is 0 Å². The van der Waals surface area contributed by atoms with Gasteiger partial charge in [0, 0.05) is 28.4 Å². The minimum Gasteiger partial charge on any atom is -0.355 e. The highest BCUT2D eigenvalue weighted by molar-refractivity contribution is 5.96. The first kappa shape index (κ1) is 15.2. The molecule has 4 rings (SSSR count). The molecule has 0 atom stereocenters. The van der Waals surface area contributed by atoms with Crippen molar-refractivity contribution in [3.63, 3.8) is 0 Å². The molecule has 0 radical (unpaired) electrons. The minimum atomic E-state index is 0.950. The molecule has 2 aromatic carbocycles. The van der Waals surface area contributed by atoms with Crippen molar-refractivity contribution in [3.05, 3.63) is 102 Å². The lowest BCUT2D eigenvalue weighted by atomic mass is 10.1. The van der Waals surface area contributed by atoms with Crippen LogP contribution in [0, 0.1) is 0 Å². The Labute approximate surface area is 147 Å². The Kier molecular flexibility index (Phi) is 4.25. The summed E-state index contributed by atoms with van der Waals surface area (Å²) in [6, 6.07) is 24.6. The van der Waals surface area contributed by atoms with Gasteiger partial charge in [-0.3, -0.25) is 4.98 Å². The second-order valence-corrected chi connectivity index (χ2v) is 5.83. The summed E-state index contributed by atoms with van der Waals surface area (Å²) < 4.78 is 0. The second-order valence-electron chi connectivity index (χ2n) is 5.83. The third-order valence-corrected chi connectivity index (χ3v) is 4.13. The van der Waals surface area contributed by atoms with Gasteiger partial charge >= 0.3 is 0 Å². The number of nitrogens with one attached hydrogen (secondary N) is 1. The number of nitrogens with zero attached hydrogens (tertiary/aromatic N) is 1. The number of hydrogen-bond donors (Lipinski definition) is 1. The van der Waals surface area contributed by atoms with Gasteiger partial charge in [0.25, 0.3) is 0 Å². The Morgan fingerprint density at radius 3 is 2.32 bits per heavy atom. The van der Waals surface area contributed by atoms with Crippen molar-refractivity contribution in [1.29, 1.82) is 0 Å². The summed E-state index contributed by atoms with van der Waals surface area (Å²) in [5, 5.41) is 1.21. The molecule has 4 aromatic rings. The monoisotopic (exact) mass is 322 g/mol. The summed E-state index contributed by atoms with van der Waals surface area (Å²) >= 11 is 0. The molecule has 2 heterocycles. The number of aromatic amines is 1. The highest BCUT2D eigenvalue weighted by atomic mass is 14.7. The van der Waals surface area contributed by atoms with Gasteiger partial charge in [-0.2, -0.15) is 0 Å². The smallest absolute Gasteiger partial charge is 0.0629 e. The summed E-state index contributed by atoms with van der Waals surface area (Å²) in [4.78, 5) is 7.88. The van der Waals surface area contributed by atoms with Crippen molar-refractivity contribution >= 4 is 35.2 Å². The molecule has 120 valence electrons. The standard InChI is InChI=1S/C23H18N2/c1-2-8-18(9-3-1)13-16-23-21(15-14-19-10-6-7-17-24-19)20-11-4-5-12-22(20)25-23/h1-17,25H/b15-14+,16-13+. The zero-order valence-corrected chi connectivity index (χ0v) is 13.8. The highest BCUT2D eigenvalue weighted by Gasteiger charge is 2.06. The number of aromatic nitrogens is 2. The van der Waals surface area contributed by atoms with E-state index < -0.39 is 0 Å². The maximum Gasteiger partial charge on any atom is 0.0629 e. The van der Waals surface area contributed by atoms with Crippen LogP contribution in [0.15, 0.2) is 79.0 Å². The van der Waals surface area contributed by atoms with E-state index in [9.17, 15) is 0 Å². The van der Waals surface area contributed by atoms with Crippen molar-refractivity contribution in [2.45, 2.75) is 0 Å². The average molecular weight is 322 g/mol. The molecule has 0 fully saturated rings. The Hall–Kier alpha value is -3.39. The van der Waals surface area contributed by atoms with Crippen LogP contribution in [-0.2, 0) is 0 Å².